The fourth-order valence-corrected chi connectivity index (χ4v) is 2.97. The van der Waals surface area contributed by atoms with Crippen LogP contribution in [0.2, 0.25) is 0 Å². The Hall–Kier alpha value is -1.01. The van der Waals surface area contributed by atoms with E-state index in [0.29, 0.717) is 12.8 Å². The molecule has 92 valence electrons. The van der Waals surface area contributed by atoms with E-state index >= 15 is 0 Å². The molecule has 0 aromatic rings. The van der Waals surface area contributed by atoms with E-state index in [1.54, 1.807) is 0 Å². The van der Waals surface area contributed by atoms with Crippen molar-refractivity contribution in [2.24, 2.45) is 11.7 Å². The van der Waals surface area contributed by atoms with Crippen molar-refractivity contribution in [2.45, 2.75) is 43.9 Å². The number of hydrogen-bond donors (Lipinski definition) is 1. The summed E-state index contributed by atoms with van der Waals surface area (Å²) in [6, 6.07) is -0.392. The standard InChI is InChI=1S/C11H14N2O3S/c12-9(17)8(5-1-2-5)13-10(14)6-3-4-7(16-6)11(13)15/h5-8H,1-4H2,(H2,12,17). The summed E-state index contributed by atoms with van der Waals surface area (Å²) in [6.45, 7) is 0. The van der Waals surface area contributed by atoms with Gasteiger partial charge in [-0.1, -0.05) is 12.2 Å². The summed E-state index contributed by atoms with van der Waals surface area (Å²) in [5.41, 5.74) is 5.69. The minimum atomic E-state index is -0.465. The maximum atomic E-state index is 12.1. The highest BCUT2D eigenvalue weighted by atomic mass is 32.1. The molecule has 0 aromatic heterocycles. The summed E-state index contributed by atoms with van der Waals surface area (Å²) in [5, 5.41) is 0. The molecule has 2 amide bonds. The molecule has 3 unspecified atom stereocenters. The van der Waals surface area contributed by atoms with E-state index in [-0.39, 0.29) is 22.7 Å². The second-order valence-corrected chi connectivity index (χ2v) is 5.39. The van der Waals surface area contributed by atoms with E-state index < -0.39 is 18.2 Å². The summed E-state index contributed by atoms with van der Waals surface area (Å²) in [6.07, 6.45) is 2.28. The molecule has 2 aliphatic heterocycles. The number of fused-ring (bicyclic) bond motifs is 2. The number of likely N-dealkylation sites (tertiary alicyclic amines) is 1. The van der Waals surface area contributed by atoms with Crippen LogP contribution in [0, 0.1) is 5.92 Å². The molecule has 6 heteroatoms. The van der Waals surface area contributed by atoms with E-state index in [9.17, 15) is 9.59 Å². The Balaban J connectivity index is 1.92. The van der Waals surface area contributed by atoms with Gasteiger partial charge in [0, 0.05) is 0 Å². The van der Waals surface area contributed by atoms with Crippen molar-refractivity contribution in [2.75, 3.05) is 0 Å². The first-order chi connectivity index (χ1) is 8.09. The van der Waals surface area contributed by atoms with E-state index in [1.165, 1.54) is 4.90 Å². The summed E-state index contributed by atoms with van der Waals surface area (Å²) in [5.74, 6) is -0.250. The lowest BCUT2D eigenvalue weighted by atomic mass is 10.1. The van der Waals surface area contributed by atoms with E-state index in [4.69, 9.17) is 22.7 Å². The smallest absolute Gasteiger partial charge is 0.259 e. The van der Waals surface area contributed by atoms with Crippen LogP contribution in [0.1, 0.15) is 25.7 Å². The Morgan fingerprint density at radius 2 is 1.76 bits per heavy atom. The number of imide groups is 1. The number of carbonyl (C=O) groups excluding carboxylic acids is 2. The van der Waals surface area contributed by atoms with Crippen molar-refractivity contribution < 1.29 is 14.3 Å². The molecule has 3 rings (SSSR count). The number of nitrogens with two attached hydrogens (primary N) is 1. The van der Waals surface area contributed by atoms with E-state index in [0.717, 1.165) is 12.8 Å². The van der Waals surface area contributed by atoms with E-state index in [1.807, 2.05) is 0 Å². The van der Waals surface area contributed by atoms with Gasteiger partial charge < -0.3 is 10.5 Å². The lowest BCUT2D eigenvalue weighted by molar-refractivity contribution is -0.170. The highest BCUT2D eigenvalue weighted by Gasteiger charge is 2.52. The normalized spacial score (nSPS) is 34.0. The number of carbonyl (C=O) groups is 2. The minimum absolute atomic E-state index is 0.246. The number of ether oxygens (including phenoxy) is 1. The number of rotatable bonds is 3. The van der Waals surface area contributed by atoms with Gasteiger partial charge in [0.2, 0.25) is 0 Å². The van der Waals surface area contributed by atoms with Crippen molar-refractivity contribution in [1.29, 1.82) is 0 Å². The Labute approximate surface area is 104 Å². The summed E-state index contributed by atoms with van der Waals surface area (Å²) in [4.78, 5) is 25.8. The van der Waals surface area contributed by atoms with Gasteiger partial charge in [-0.2, -0.15) is 0 Å². The zero-order chi connectivity index (χ0) is 12.2. The molecule has 0 aromatic carbocycles. The van der Waals surface area contributed by atoms with Crippen molar-refractivity contribution in [3.8, 4) is 0 Å². The van der Waals surface area contributed by atoms with Crippen LogP contribution in [0.5, 0.6) is 0 Å². The fourth-order valence-electron chi connectivity index (χ4n) is 2.68. The second kappa shape index (κ2) is 3.74. The van der Waals surface area contributed by atoms with Crippen LogP contribution in [0.3, 0.4) is 0 Å². The number of thiocarbonyl (C=S) groups is 1. The van der Waals surface area contributed by atoms with Gasteiger partial charge in [0.25, 0.3) is 11.8 Å². The van der Waals surface area contributed by atoms with Crippen LogP contribution in [0.4, 0.5) is 0 Å². The summed E-state index contributed by atoms with van der Waals surface area (Å²) < 4.78 is 5.36. The molecule has 2 saturated heterocycles. The summed E-state index contributed by atoms with van der Waals surface area (Å²) >= 11 is 5.01. The Morgan fingerprint density at radius 1 is 1.24 bits per heavy atom. The Bertz CT molecular complexity index is 386. The molecular formula is C11H14N2O3S. The molecule has 3 atom stereocenters. The quantitative estimate of drug-likeness (QED) is 0.565. The second-order valence-electron chi connectivity index (χ2n) is 4.92. The van der Waals surface area contributed by atoms with Crippen LogP contribution >= 0.6 is 12.2 Å². The van der Waals surface area contributed by atoms with Gasteiger partial charge in [-0.15, -0.1) is 0 Å². The lowest BCUT2D eigenvalue weighted by Gasteiger charge is -2.35. The molecule has 5 nitrogen and oxygen atoms in total. The number of hydrogen-bond acceptors (Lipinski definition) is 4. The fraction of sp³-hybridized carbons (Fsp3) is 0.727. The lowest BCUT2D eigenvalue weighted by Crippen LogP contribution is -2.59. The third kappa shape index (κ3) is 1.66. The molecule has 2 heterocycles. The number of morpholine rings is 1. The molecule has 1 saturated carbocycles. The van der Waals surface area contributed by atoms with Gasteiger partial charge in [-0.3, -0.25) is 14.5 Å². The third-order valence-electron chi connectivity index (χ3n) is 3.68. The predicted octanol–water partition coefficient (Wildman–Crippen LogP) is -0.0325. The van der Waals surface area contributed by atoms with Crippen molar-refractivity contribution in [3.63, 3.8) is 0 Å². The van der Waals surface area contributed by atoms with Gasteiger partial charge in [-0.05, 0) is 31.6 Å². The molecule has 0 spiro atoms. The van der Waals surface area contributed by atoms with Gasteiger partial charge >= 0.3 is 0 Å². The van der Waals surface area contributed by atoms with Crippen LogP contribution in [0.15, 0.2) is 0 Å². The highest BCUT2D eigenvalue weighted by molar-refractivity contribution is 7.80. The summed E-state index contributed by atoms with van der Waals surface area (Å²) in [7, 11) is 0. The first kappa shape index (κ1) is 11.1. The zero-order valence-corrected chi connectivity index (χ0v) is 10.1. The molecule has 3 aliphatic rings. The largest absolute Gasteiger partial charge is 0.392 e. The monoisotopic (exact) mass is 254 g/mol. The molecular weight excluding hydrogens is 240 g/mol. The average molecular weight is 254 g/mol. The van der Waals surface area contributed by atoms with Gasteiger partial charge in [0.05, 0.1) is 11.0 Å². The van der Waals surface area contributed by atoms with Crippen LogP contribution in [-0.4, -0.2) is 40.0 Å². The minimum Gasteiger partial charge on any atom is -0.392 e. The maximum Gasteiger partial charge on any atom is 0.259 e. The van der Waals surface area contributed by atoms with Gasteiger partial charge in [0.1, 0.15) is 12.2 Å². The van der Waals surface area contributed by atoms with Crippen LogP contribution < -0.4 is 5.73 Å². The van der Waals surface area contributed by atoms with Crippen molar-refractivity contribution in [1.82, 2.24) is 4.90 Å². The number of nitrogens with zero attached hydrogens (tertiary/aromatic N) is 1. The van der Waals surface area contributed by atoms with Crippen molar-refractivity contribution >= 4 is 29.0 Å². The van der Waals surface area contributed by atoms with Crippen LogP contribution in [-0.2, 0) is 14.3 Å². The third-order valence-corrected chi connectivity index (χ3v) is 3.93. The predicted molar refractivity (Wildman–Crippen MR) is 63.0 cm³/mol. The van der Waals surface area contributed by atoms with Crippen LogP contribution in [0.25, 0.3) is 0 Å². The van der Waals surface area contributed by atoms with E-state index in [2.05, 4.69) is 0 Å². The molecule has 1 aliphatic carbocycles. The SMILES string of the molecule is NC(=S)C(C1CC1)N1C(=O)C2CCC(O2)C1=O. The molecule has 0 radical (unpaired) electrons. The van der Waals surface area contributed by atoms with Crippen molar-refractivity contribution in [3.05, 3.63) is 0 Å². The van der Waals surface area contributed by atoms with Gasteiger partial charge in [0.15, 0.2) is 0 Å². The molecule has 2 N–H and O–H groups in total. The highest BCUT2D eigenvalue weighted by Crippen LogP contribution is 2.39. The topological polar surface area (TPSA) is 72.6 Å². The Morgan fingerprint density at radius 3 is 2.18 bits per heavy atom. The molecule has 17 heavy (non-hydrogen) atoms. The maximum absolute atomic E-state index is 12.1. The molecule has 3 fully saturated rings. The first-order valence-electron chi connectivity index (χ1n) is 5.91. The first-order valence-corrected chi connectivity index (χ1v) is 6.32. The Kier molecular flexibility index (Phi) is 2.45. The van der Waals surface area contributed by atoms with Gasteiger partial charge in [-0.25, -0.2) is 0 Å². The average Bonchev–Trinajstić information content (AvgIpc) is 2.98. The molecule has 2 bridgehead atoms. The zero-order valence-electron chi connectivity index (χ0n) is 9.30. The number of amides is 2.